The van der Waals surface area contributed by atoms with Crippen molar-refractivity contribution in [2.24, 2.45) is 20.0 Å². The molecule has 278 valence electrons. The van der Waals surface area contributed by atoms with Crippen molar-refractivity contribution in [2.75, 3.05) is 0 Å². The van der Waals surface area contributed by atoms with Crippen LogP contribution >= 0.6 is 0 Å². The summed E-state index contributed by atoms with van der Waals surface area (Å²) in [5.74, 6) is 1.12. The molecular formula is C50H46N4O2. The van der Waals surface area contributed by atoms with E-state index in [0.29, 0.717) is 23.1 Å². The van der Waals surface area contributed by atoms with Crippen LogP contribution in [0.3, 0.4) is 0 Å². The van der Waals surface area contributed by atoms with Gasteiger partial charge in [0.15, 0.2) is 11.7 Å². The molecule has 0 fully saturated rings. The first-order valence-electron chi connectivity index (χ1n) is 19.2. The van der Waals surface area contributed by atoms with Crippen molar-refractivity contribution in [1.82, 2.24) is 0 Å². The summed E-state index contributed by atoms with van der Waals surface area (Å²) in [6, 6.07) is 56.7. The Morgan fingerprint density at radius 3 is 1.02 bits per heavy atom. The van der Waals surface area contributed by atoms with Crippen LogP contribution in [0.15, 0.2) is 190 Å². The number of amidine groups is 2. The predicted octanol–water partition coefficient (Wildman–Crippen LogP) is 11.1. The SMILES string of the molecule is CC(C)(C)c1ccccc1C1=N[C@@](OO[C@]2(c3ccccc3)N=C(c3ccccc3C(C)(C)C)N=C2c2ccccc2)(c2ccccc2)C(c2ccccc2)=N1. The van der Waals surface area contributed by atoms with E-state index >= 15 is 0 Å². The number of aliphatic imine (C=N–C) groups is 4. The van der Waals surface area contributed by atoms with Gasteiger partial charge in [-0.1, -0.05) is 211 Å². The first-order chi connectivity index (χ1) is 27.0. The standard InChI is InChI=1S/C50H46N4O2/c1-47(2,3)41-33-21-19-31-39(41)45-51-43(35-23-11-7-12-24-35)49(53-45,37-27-15-9-16-28-37)55-56-50(38-29-17-10-18-30-38)44(36-25-13-8-14-26-36)52-46(54-50)40-32-20-22-34-42(40)48(4,5)6/h7-34H,1-6H3/t49-,50+. The lowest BCUT2D eigenvalue weighted by molar-refractivity contribution is -0.387. The molecule has 6 nitrogen and oxygen atoms in total. The van der Waals surface area contributed by atoms with Crippen molar-refractivity contribution in [2.45, 2.75) is 63.8 Å². The van der Waals surface area contributed by atoms with Crippen LogP contribution in [-0.4, -0.2) is 23.1 Å². The normalized spacial score (nSPS) is 19.6. The van der Waals surface area contributed by atoms with Crippen molar-refractivity contribution in [3.8, 4) is 0 Å². The van der Waals surface area contributed by atoms with Gasteiger partial charge in [0.1, 0.15) is 11.4 Å². The van der Waals surface area contributed by atoms with Gasteiger partial charge in [0, 0.05) is 33.4 Å². The fourth-order valence-corrected chi connectivity index (χ4v) is 7.50. The fourth-order valence-electron chi connectivity index (χ4n) is 7.50. The molecule has 0 bridgehead atoms. The van der Waals surface area contributed by atoms with Gasteiger partial charge in [0.25, 0.3) is 11.4 Å². The Bertz CT molecular complexity index is 2300. The second kappa shape index (κ2) is 14.5. The maximum Gasteiger partial charge on any atom is 0.263 e. The lowest BCUT2D eigenvalue weighted by Gasteiger charge is -2.33. The Balaban J connectivity index is 1.38. The maximum absolute atomic E-state index is 7.09. The highest BCUT2D eigenvalue weighted by Gasteiger charge is 2.52. The topological polar surface area (TPSA) is 67.9 Å². The zero-order valence-corrected chi connectivity index (χ0v) is 32.8. The fraction of sp³-hybridized carbons (Fsp3) is 0.200. The quantitative estimate of drug-likeness (QED) is 0.110. The molecule has 2 aliphatic rings. The first kappa shape index (κ1) is 36.9. The third kappa shape index (κ3) is 6.76. The second-order valence-corrected chi connectivity index (χ2v) is 16.3. The average molecular weight is 735 g/mol. The third-order valence-electron chi connectivity index (χ3n) is 10.3. The van der Waals surface area contributed by atoms with Crippen LogP contribution in [0.5, 0.6) is 0 Å². The summed E-state index contributed by atoms with van der Waals surface area (Å²) in [6.07, 6.45) is 0. The molecule has 0 aliphatic carbocycles. The van der Waals surface area contributed by atoms with Gasteiger partial charge >= 0.3 is 0 Å². The van der Waals surface area contributed by atoms with E-state index in [1.165, 1.54) is 0 Å². The number of nitrogens with zero attached hydrogens (tertiary/aromatic N) is 4. The van der Waals surface area contributed by atoms with E-state index in [-0.39, 0.29) is 10.8 Å². The van der Waals surface area contributed by atoms with Gasteiger partial charge in [-0.05, 0) is 22.0 Å². The van der Waals surface area contributed by atoms with Gasteiger partial charge in [-0.25, -0.2) is 20.0 Å². The Labute approximate surface area is 330 Å². The molecule has 2 aliphatic heterocycles. The van der Waals surface area contributed by atoms with E-state index in [9.17, 15) is 0 Å². The molecule has 0 unspecified atom stereocenters. The van der Waals surface area contributed by atoms with Crippen molar-refractivity contribution in [1.29, 1.82) is 0 Å². The highest BCUT2D eigenvalue weighted by atomic mass is 17.2. The molecule has 8 rings (SSSR count). The van der Waals surface area contributed by atoms with Crippen LogP contribution < -0.4 is 0 Å². The van der Waals surface area contributed by atoms with E-state index in [2.05, 4.69) is 77.9 Å². The number of hydrogen-bond acceptors (Lipinski definition) is 6. The minimum absolute atomic E-state index is 0.173. The lowest BCUT2D eigenvalue weighted by Crippen LogP contribution is -2.42. The molecule has 6 heteroatoms. The van der Waals surface area contributed by atoms with Crippen molar-refractivity contribution in [3.63, 3.8) is 0 Å². The van der Waals surface area contributed by atoms with Gasteiger partial charge in [0.2, 0.25) is 0 Å². The van der Waals surface area contributed by atoms with E-state index in [0.717, 1.165) is 44.5 Å². The van der Waals surface area contributed by atoms with Gasteiger partial charge in [-0.2, -0.15) is 9.78 Å². The van der Waals surface area contributed by atoms with Crippen molar-refractivity contribution >= 4 is 23.1 Å². The Hall–Kier alpha value is -6.08. The number of hydrogen-bond donors (Lipinski definition) is 0. The van der Waals surface area contributed by atoms with Crippen LogP contribution in [0, 0.1) is 0 Å². The summed E-state index contributed by atoms with van der Waals surface area (Å²) < 4.78 is 0. The summed E-state index contributed by atoms with van der Waals surface area (Å²) in [7, 11) is 0. The molecule has 2 atom stereocenters. The largest absolute Gasteiger partial charge is 0.263 e. The van der Waals surface area contributed by atoms with E-state index in [4.69, 9.17) is 29.7 Å². The Kier molecular flexibility index (Phi) is 9.57. The predicted molar refractivity (Wildman–Crippen MR) is 228 cm³/mol. The summed E-state index contributed by atoms with van der Waals surface area (Å²) in [6.45, 7) is 13.2. The molecule has 56 heavy (non-hydrogen) atoms. The van der Waals surface area contributed by atoms with Crippen LogP contribution in [0.2, 0.25) is 0 Å². The monoisotopic (exact) mass is 734 g/mol. The molecular weight excluding hydrogens is 689 g/mol. The molecule has 0 aromatic heterocycles. The lowest BCUT2D eigenvalue weighted by atomic mass is 9.83. The van der Waals surface area contributed by atoms with Gasteiger partial charge in [0.05, 0.1) is 0 Å². The van der Waals surface area contributed by atoms with E-state index in [1.807, 2.05) is 133 Å². The molecule has 6 aromatic carbocycles. The van der Waals surface area contributed by atoms with Crippen molar-refractivity contribution in [3.05, 3.63) is 214 Å². The minimum Gasteiger partial charge on any atom is -0.227 e. The second-order valence-electron chi connectivity index (χ2n) is 16.3. The van der Waals surface area contributed by atoms with Crippen molar-refractivity contribution < 1.29 is 9.78 Å². The van der Waals surface area contributed by atoms with Gasteiger partial charge in [-0.3, -0.25) is 0 Å². The van der Waals surface area contributed by atoms with Crippen LogP contribution in [0.4, 0.5) is 0 Å². The summed E-state index contributed by atoms with van der Waals surface area (Å²) in [5.41, 5.74) is 5.12. The highest BCUT2D eigenvalue weighted by molar-refractivity contribution is 6.22. The molecule has 0 saturated heterocycles. The van der Waals surface area contributed by atoms with E-state index in [1.54, 1.807) is 0 Å². The zero-order chi connectivity index (χ0) is 39.0. The minimum atomic E-state index is -1.53. The summed E-state index contributed by atoms with van der Waals surface area (Å²) >= 11 is 0. The highest BCUT2D eigenvalue weighted by Crippen LogP contribution is 2.45. The zero-order valence-electron chi connectivity index (χ0n) is 32.8. The average Bonchev–Trinajstić information content (AvgIpc) is 3.82. The maximum atomic E-state index is 7.09. The smallest absolute Gasteiger partial charge is 0.227 e. The number of rotatable bonds is 9. The first-order valence-corrected chi connectivity index (χ1v) is 19.2. The van der Waals surface area contributed by atoms with Gasteiger partial charge < -0.3 is 0 Å². The molecule has 0 radical (unpaired) electrons. The molecule has 0 spiro atoms. The van der Waals surface area contributed by atoms with Gasteiger partial charge in [-0.15, -0.1) is 0 Å². The van der Waals surface area contributed by atoms with Crippen LogP contribution in [-0.2, 0) is 32.1 Å². The molecule has 2 heterocycles. The van der Waals surface area contributed by atoms with Crippen LogP contribution in [0.1, 0.15) is 86.1 Å². The molecule has 6 aromatic rings. The summed E-state index contributed by atoms with van der Waals surface area (Å²) in [4.78, 5) is 35.8. The van der Waals surface area contributed by atoms with E-state index < -0.39 is 11.4 Å². The number of benzene rings is 6. The molecule has 0 saturated carbocycles. The molecule has 0 amide bonds. The Morgan fingerprint density at radius 2 is 0.679 bits per heavy atom. The molecule has 0 N–H and O–H groups in total. The third-order valence-corrected chi connectivity index (χ3v) is 10.3. The van der Waals surface area contributed by atoms with Crippen LogP contribution in [0.25, 0.3) is 0 Å². The summed E-state index contributed by atoms with van der Waals surface area (Å²) in [5, 5.41) is 0. The Morgan fingerprint density at radius 1 is 0.375 bits per heavy atom.